The number of rotatable bonds is 10. The number of piperidine rings is 1. The third-order valence-corrected chi connectivity index (χ3v) is 13.9. The molecule has 9 nitrogen and oxygen atoms in total. The number of carbonyl (C=O) groups excluding carboxylic acids is 1. The minimum absolute atomic E-state index is 0.344. The standard InChI is InChI=1S/C34H37N5O4S2/c1-34(12-13-34)45(41,42)38-32(40)21-10-11-28-29(14-21)44-33(36-28)39-23-15-22(16-24(39)17-23)35-18-27-30(37-43-31(27)20-8-9-20)26-5-3-2-4-25(26)19-6-7-19/h2-5,10-11,14,19-20,22-24,35H,6-9,12-13,15-18H2,1H3,(H,38,40). The Labute approximate surface area is 266 Å². The lowest BCUT2D eigenvalue weighted by Gasteiger charge is -2.55. The number of anilines is 1. The van der Waals surface area contributed by atoms with E-state index in [1.54, 1.807) is 30.4 Å². The van der Waals surface area contributed by atoms with Crippen LogP contribution in [-0.2, 0) is 16.6 Å². The Balaban J connectivity index is 0.885. The van der Waals surface area contributed by atoms with Gasteiger partial charge in [0, 0.05) is 47.3 Å². The SMILES string of the molecule is CC1(S(=O)(=O)NC(=O)c2ccc3nc(N4C5CC(NCc6c(-c7ccccc7C7CC7)noc6C6CC6)CC4C5)sc3c2)CC1. The smallest absolute Gasteiger partial charge is 0.264 e. The fourth-order valence-electron chi connectivity index (χ4n) is 7.35. The number of amides is 1. The van der Waals surface area contributed by atoms with Crippen molar-refractivity contribution in [2.75, 3.05) is 4.90 Å². The molecule has 234 valence electrons. The number of carbonyl (C=O) groups is 1. The second-order valence-electron chi connectivity index (χ2n) is 14.1. The quantitative estimate of drug-likeness (QED) is 0.209. The molecule has 11 heteroatoms. The van der Waals surface area contributed by atoms with E-state index in [0.717, 1.165) is 46.2 Å². The van der Waals surface area contributed by atoms with Crippen LogP contribution in [0.15, 0.2) is 47.0 Å². The average molecular weight is 644 g/mol. The van der Waals surface area contributed by atoms with Gasteiger partial charge in [-0.05, 0) is 94.4 Å². The molecule has 2 N–H and O–H groups in total. The Morgan fingerprint density at radius 2 is 1.80 bits per heavy atom. The number of hydrogen-bond donors (Lipinski definition) is 2. The molecule has 2 bridgehead atoms. The molecule has 2 unspecified atom stereocenters. The first-order valence-electron chi connectivity index (χ1n) is 16.3. The van der Waals surface area contributed by atoms with Crippen LogP contribution in [0.3, 0.4) is 0 Å². The first-order chi connectivity index (χ1) is 21.8. The minimum Gasteiger partial charge on any atom is -0.360 e. The van der Waals surface area contributed by atoms with Crippen LogP contribution in [-0.4, -0.2) is 47.3 Å². The molecule has 10 rings (SSSR count). The molecule has 1 amide bonds. The molecule has 2 saturated heterocycles. The predicted molar refractivity (Wildman–Crippen MR) is 174 cm³/mol. The van der Waals surface area contributed by atoms with Gasteiger partial charge < -0.3 is 14.7 Å². The summed E-state index contributed by atoms with van der Waals surface area (Å²) in [6.07, 6.45) is 9.31. The highest BCUT2D eigenvalue weighted by Crippen LogP contribution is 2.49. The molecule has 0 spiro atoms. The van der Waals surface area contributed by atoms with Crippen molar-refractivity contribution >= 4 is 42.6 Å². The highest BCUT2D eigenvalue weighted by Gasteiger charge is 2.51. The van der Waals surface area contributed by atoms with Gasteiger partial charge >= 0.3 is 0 Å². The van der Waals surface area contributed by atoms with Crippen LogP contribution in [0.1, 0.15) is 104 Å². The van der Waals surface area contributed by atoms with Crippen molar-refractivity contribution in [2.24, 2.45) is 0 Å². The van der Waals surface area contributed by atoms with Crippen molar-refractivity contribution in [1.82, 2.24) is 20.2 Å². The van der Waals surface area contributed by atoms with Gasteiger partial charge in [-0.3, -0.25) is 4.79 Å². The zero-order valence-electron chi connectivity index (χ0n) is 25.3. The summed E-state index contributed by atoms with van der Waals surface area (Å²) in [4.78, 5) is 20.2. The van der Waals surface area contributed by atoms with Gasteiger partial charge in [0.15, 0.2) is 5.13 Å². The topological polar surface area (TPSA) is 117 Å². The van der Waals surface area contributed by atoms with Crippen LogP contribution in [0, 0.1) is 0 Å². The van der Waals surface area contributed by atoms with Gasteiger partial charge in [0.2, 0.25) is 10.0 Å². The molecule has 4 heterocycles. The minimum atomic E-state index is -3.68. The third kappa shape index (κ3) is 4.89. The number of sulfonamides is 1. The van der Waals surface area contributed by atoms with E-state index in [2.05, 4.69) is 44.4 Å². The lowest BCUT2D eigenvalue weighted by Crippen LogP contribution is -2.64. The Morgan fingerprint density at radius 1 is 1.04 bits per heavy atom. The van der Waals surface area contributed by atoms with E-state index in [9.17, 15) is 13.2 Å². The van der Waals surface area contributed by atoms with Crippen LogP contribution < -0.4 is 14.9 Å². The van der Waals surface area contributed by atoms with Crippen molar-refractivity contribution in [3.63, 3.8) is 0 Å². The van der Waals surface area contributed by atoms with Crippen LogP contribution >= 0.6 is 11.3 Å². The maximum absolute atomic E-state index is 12.8. The summed E-state index contributed by atoms with van der Waals surface area (Å²) in [5.74, 6) is 1.65. The fourth-order valence-corrected chi connectivity index (χ4v) is 9.74. The number of thiazole rings is 1. The van der Waals surface area contributed by atoms with Crippen LogP contribution in [0.4, 0.5) is 5.13 Å². The molecule has 2 aromatic heterocycles. The summed E-state index contributed by atoms with van der Waals surface area (Å²) in [5.41, 5.74) is 6.09. The van der Waals surface area contributed by atoms with Crippen LogP contribution in [0.5, 0.6) is 0 Å². The molecule has 4 aromatic rings. The van der Waals surface area contributed by atoms with Crippen LogP contribution in [0.25, 0.3) is 21.5 Å². The van der Waals surface area contributed by atoms with Crippen LogP contribution in [0.2, 0.25) is 0 Å². The molecule has 2 atom stereocenters. The van der Waals surface area contributed by atoms with E-state index >= 15 is 0 Å². The highest BCUT2D eigenvalue weighted by atomic mass is 32.2. The summed E-state index contributed by atoms with van der Waals surface area (Å²) in [7, 11) is -3.68. The number of hydrogen-bond acceptors (Lipinski definition) is 9. The van der Waals surface area contributed by atoms with E-state index in [0.29, 0.717) is 48.4 Å². The average Bonchev–Trinajstić information content (AvgIpc) is 3.96. The predicted octanol–water partition coefficient (Wildman–Crippen LogP) is 6.22. The normalized spacial score (nSPS) is 25.3. The molecule has 6 aliphatic rings. The maximum Gasteiger partial charge on any atom is 0.264 e. The monoisotopic (exact) mass is 643 g/mol. The molecule has 4 saturated carbocycles. The van der Waals surface area contributed by atoms with E-state index in [-0.39, 0.29) is 0 Å². The first-order valence-corrected chi connectivity index (χ1v) is 18.6. The Hall–Kier alpha value is -3.28. The van der Waals surface area contributed by atoms with Gasteiger partial charge in [-0.15, -0.1) is 0 Å². The van der Waals surface area contributed by atoms with Gasteiger partial charge in [0.1, 0.15) is 11.5 Å². The third-order valence-electron chi connectivity index (χ3n) is 10.7. The van der Waals surface area contributed by atoms with Gasteiger partial charge in [0.25, 0.3) is 5.91 Å². The highest BCUT2D eigenvalue weighted by molar-refractivity contribution is 7.91. The molecule has 2 aliphatic heterocycles. The molecular formula is C34H37N5O4S2. The van der Waals surface area contributed by atoms with E-state index in [1.807, 2.05) is 6.07 Å². The van der Waals surface area contributed by atoms with Crippen molar-refractivity contribution < 1.29 is 17.7 Å². The van der Waals surface area contributed by atoms with Gasteiger partial charge in [-0.2, -0.15) is 0 Å². The lowest BCUT2D eigenvalue weighted by molar-refractivity contribution is 0.0981. The second-order valence-corrected chi connectivity index (χ2v) is 17.3. The molecule has 2 aromatic carbocycles. The molecular weight excluding hydrogens is 607 g/mol. The largest absolute Gasteiger partial charge is 0.360 e. The van der Waals surface area contributed by atoms with Gasteiger partial charge in [-0.25, -0.2) is 18.1 Å². The van der Waals surface area contributed by atoms with Crippen molar-refractivity contribution in [2.45, 2.75) is 106 Å². The van der Waals surface area contributed by atoms with E-state index < -0.39 is 20.7 Å². The van der Waals surface area contributed by atoms with Crippen molar-refractivity contribution in [1.29, 1.82) is 0 Å². The summed E-state index contributed by atoms with van der Waals surface area (Å²) in [6, 6.07) is 15.3. The number of aromatic nitrogens is 2. The van der Waals surface area contributed by atoms with Gasteiger partial charge in [0.05, 0.1) is 15.0 Å². The number of fused-ring (bicyclic) bond motifs is 3. The summed E-state index contributed by atoms with van der Waals surface area (Å²) in [6.45, 7) is 2.45. The molecule has 4 aliphatic carbocycles. The lowest BCUT2D eigenvalue weighted by atomic mass is 9.77. The maximum atomic E-state index is 12.8. The summed E-state index contributed by atoms with van der Waals surface area (Å²) >= 11 is 1.58. The van der Waals surface area contributed by atoms with Gasteiger partial charge in [-0.1, -0.05) is 40.8 Å². The molecule has 0 radical (unpaired) electrons. The molecule has 45 heavy (non-hydrogen) atoms. The van der Waals surface area contributed by atoms with E-state index in [4.69, 9.17) is 9.51 Å². The van der Waals surface area contributed by atoms with Crippen molar-refractivity contribution in [3.05, 3.63) is 64.9 Å². The Morgan fingerprint density at radius 3 is 2.53 bits per heavy atom. The summed E-state index contributed by atoms with van der Waals surface area (Å²) in [5, 5.41) is 9.52. The number of benzene rings is 2. The Bertz CT molecular complexity index is 1930. The number of nitrogens with zero attached hydrogens (tertiary/aromatic N) is 3. The molecule has 6 fully saturated rings. The van der Waals surface area contributed by atoms with E-state index in [1.165, 1.54) is 48.8 Å². The second kappa shape index (κ2) is 10.1. The Kier molecular flexibility index (Phi) is 6.29. The zero-order chi connectivity index (χ0) is 30.5. The fraction of sp³-hybridized carbons (Fsp3) is 0.500. The first kappa shape index (κ1) is 28.0. The van der Waals surface area contributed by atoms with Crippen molar-refractivity contribution in [3.8, 4) is 11.3 Å². The summed E-state index contributed by atoms with van der Waals surface area (Å²) < 4.78 is 33.5. The number of nitrogens with one attached hydrogen (secondary N) is 2. The zero-order valence-corrected chi connectivity index (χ0v) is 26.9.